The molecule has 17 heavy (non-hydrogen) atoms. The first-order valence-electron chi connectivity index (χ1n) is 6.41. The van der Waals surface area contributed by atoms with Crippen molar-refractivity contribution in [2.75, 3.05) is 18.6 Å². The molecule has 1 heterocycles. The molecule has 2 heteroatoms. The Morgan fingerprint density at radius 2 is 2.00 bits per heavy atom. The Hall–Kier alpha value is -0.470. The van der Waals surface area contributed by atoms with Crippen molar-refractivity contribution < 1.29 is 4.74 Å². The summed E-state index contributed by atoms with van der Waals surface area (Å²) in [7, 11) is 0. The Labute approximate surface area is 109 Å². The van der Waals surface area contributed by atoms with Gasteiger partial charge in [0.2, 0.25) is 0 Å². The molecule has 0 radical (unpaired) electrons. The Kier molecular flexibility index (Phi) is 4.16. The van der Waals surface area contributed by atoms with Gasteiger partial charge in [-0.15, -0.1) is 0 Å². The van der Waals surface area contributed by atoms with Crippen molar-refractivity contribution in [2.45, 2.75) is 31.8 Å². The van der Waals surface area contributed by atoms with Gasteiger partial charge in [-0.05, 0) is 30.1 Å². The van der Waals surface area contributed by atoms with Gasteiger partial charge < -0.3 is 4.74 Å². The van der Waals surface area contributed by atoms with Crippen LogP contribution in [0.3, 0.4) is 0 Å². The average Bonchev–Trinajstić information content (AvgIpc) is 3.17. The van der Waals surface area contributed by atoms with E-state index in [0.717, 1.165) is 13.0 Å². The fourth-order valence-corrected chi connectivity index (χ4v) is 3.50. The number of hydrogen-bond acceptors (Lipinski definition) is 2. The molecule has 0 saturated carbocycles. The zero-order valence-corrected chi connectivity index (χ0v) is 11.8. The maximum absolute atomic E-state index is 5.75. The molecule has 0 aromatic heterocycles. The largest absolute Gasteiger partial charge is 0.369 e. The van der Waals surface area contributed by atoms with Crippen LogP contribution in [0.15, 0.2) is 30.3 Å². The molecule has 1 aromatic carbocycles. The van der Waals surface area contributed by atoms with Crippen LogP contribution in [0, 0.1) is 5.92 Å². The van der Waals surface area contributed by atoms with Crippen molar-refractivity contribution in [1.82, 2.24) is 0 Å². The summed E-state index contributed by atoms with van der Waals surface area (Å²) in [6.07, 6.45) is 3.32. The van der Waals surface area contributed by atoms with Gasteiger partial charge in [-0.1, -0.05) is 44.2 Å². The molecule has 0 spiro atoms. The van der Waals surface area contributed by atoms with Crippen molar-refractivity contribution in [1.29, 1.82) is 0 Å². The van der Waals surface area contributed by atoms with Crippen LogP contribution in [-0.2, 0) is 4.74 Å². The van der Waals surface area contributed by atoms with Gasteiger partial charge in [0, 0.05) is 5.75 Å². The number of rotatable bonds is 6. The van der Waals surface area contributed by atoms with Gasteiger partial charge >= 0.3 is 0 Å². The molecule has 1 aromatic rings. The molecule has 0 amide bonds. The van der Waals surface area contributed by atoms with Crippen molar-refractivity contribution in [3.8, 4) is 0 Å². The summed E-state index contributed by atoms with van der Waals surface area (Å²) < 4.78 is 5.75. The molecular weight excluding hydrogens is 228 g/mol. The minimum Gasteiger partial charge on any atom is -0.369 e. The Bertz CT molecular complexity index is 345. The van der Waals surface area contributed by atoms with Crippen LogP contribution in [0.2, 0.25) is 0 Å². The summed E-state index contributed by atoms with van der Waals surface area (Å²) >= 11 is 1.93. The fourth-order valence-electron chi connectivity index (χ4n) is 2.66. The molecule has 3 unspecified atom stereocenters. The lowest BCUT2D eigenvalue weighted by atomic mass is 9.79. The van der Waals surface area contributed by atoms with Gasteiger partial charge in [0.25, 0.3) is 0 Å². The van der Waals surface area contributed by atoms with Gasteiger partial charge in [0.1, 0.15) is 0 Å². The summed E-state index contributed by atoms with van der Waals surface area (Å²) in [5.74, 6) is 2.38. The van der Waals surface area contributed by atoms with E-state index in [-0.39, 0.29) is 5.60 Å². The fraction of sp³-hybridized carbons (Fsp3) is 0.600. The molecule has 94 valence electrons. The minimum absolute atomic E-state index is 0.163. The molecule has 1 aliphatic heterocycles. The van der Waals surface area contributed by atoms with Gasteiger partial charge in [0.05, 0.1) is 12.2 Å². The molecule has 3 atom stereocenters. The third kappa shape index (κ3) is 2.69. The molecule has 1 saturated heterocycles. The highest BCUT2D eigenvalue weighted by atomic mass is 32.2. The Morgan fingerprint density at radius 1 is 1.35 bits per heavy atom. The third-order valence-corrected chi connectivity index (χ3v) is 4.81. The van der Waals surface area contributed by atoms with Gasteiger partial charge in [-0.3, -0.25) is 0 Å². The van der Waals surface area contributed by atoms with Crippen LogP contribution < -0.4 is 0 Å². The van der Waals surface area contributed by atoms with Crippen molar-refractivity contribution in [3.05, 3.63) is 35.9 Å². The zero-order valence-electron chi connectivity index (χ0n) is 11.0. The van der Waals surface area contributed by atoms with Crippen LogP contribution in [0.1, 0.15) is 31.7 Å². The standard InChI is InChI=1S/C15H22OS/c1-4-15(11-16-15)12(2)14(10-17-3)13-8-6-5-7-9-13/h5-9,12,14H,4,10-11H2,1-3H3. The predicted octanol–water partition coefficient (Wildman–Crippen LogP) is 3.95. The number of benzene rings is 1. The van der Waals surface area contributed by atoms with E-state index in [4.69, 9.17) is 4.74 Å². The lowest BCUT2D eigenvalue weighted by Crippen LogP contribution is -2.28. The number of hydrogen-bond donors (Lipinski definition) is 0. The summed E-state index contributed by atoms with van der Waals surface area (Å²) in [4.78, 5) is 0. The van der Waals surface area contributed by atoms with Crippen molar-refractivity contribution in [3.63, 3.8) is 0 Å². The van der Waals surface area contributed by atoms with E-state index >= 15 is 0 Å². The second-order valence-corrected chi connectivity index (χ2v) is 5.88. The monoisotopic (exact) mass is 250 g/mol. The predicted molar refractivity (Wildman–Crippen MR) is 75.7 cm³/mol. The first-order valence-corrected chi connectivity index (χ1v) is 7.80. The summed E-state index contributed by atoms with van der Waals surface area (Å²) in [5.41, 5.74) is 1.62. The highest BCUT2D eigenvalue weighted by molar-refractivity contribution is 7.98. The summed E-state index contributed by atoms with van der Waals surface area (Å²) in [5, 5.41) is 0. The van der Waals surface area contributed by atoms with Crippen LogP contribution in [0.25, 0.3) is 0 Å². The molecule has 1 nitrogen and oxygen atoms in total. The molecule has 1 aliphatic rings. The number of ether oxygens (including phenoxy) is 1. The third-order valence-electron chi connectivity index (χ3n) is 4.12. The lowest BCUT2D eigenvalue weighted by molar-refractivity contribution is 0.203. The molecule has 1 fully saturated rings. The van der Waals surface area contributed by atoms with E-state index in [1.54, 1.807) is 0 Å². The highest BCUT2D eigenvalue weighted by Gasteiger charge is 2.50. The molecule has 0 aliphatic carbocycles. The molecule has 2 rings (SSSR count). The van der Waals surface area contributed by atoms with E-state index < -0.39 is 0 Å². The number of thioether (sulfide) groups is 1. The summed E-state index contributed by atoms with van der Waals surface area (Å²) in [6.45, 7) is 5.54. The van der Waals surface area contributed by atoms with Crippen LogP contribution in [-0.4, -0.2) is 24.2 Å². The SMILES string of the molecule is CCC1(C(C)C(CSC)c2ccccc2)CO1. The zero-order chi connectivity index (χ0) is 12.3. The van der Waals surface area contributed by atoms with E-state index in [0.29, 0.717) is 11.8 Å². The maximum atomic E-state index is 5.75. The topological polar surface area (TPSA) is 12.5 Å². The maximum Gasteiger partial charge on any atom is 0.0945 e. The van der Waals surface area contributed by atoms with Gasteiger partial charge in [-0.25, -0.2) is 0 Å². The second kappa shape index (κ2) is 5.45. The Morgan fingerprint density at radius 3 is 2.47 bits per heavy atom. The Balaban J connectivity index is 2.17. The molecular formula is C15H22OS. The normalized spacial score (nSPS) is 26.5. The van der Waals surface area contributed by atoms with Gasteiger partial charge in [-0.2, -0.15) is 11.8 Å². The van der Waals surface area contributed by atoms with Crippen molar-refractivity contribution in [2.24, 2.45) is 5.92 Å². The van der Waals surface area contributed by atoms with Crippen LogP contribution in [0.5, 0.6) is 0 Å². The number of epoxide rings is 1. The van der Waals surface area contributed by atoms with Crippen molar-refractivity contribution >= 4 is 11.8 Å². The highest BCUT2D eigenvalue weighted by Crippen LogP contribution is 2.45. The second-order valence-electron chi connectivity index (χ2n) is 4.97. The smallest absolute Gasteiger partial charge is 0.0945 e. The van der Waals surface area contributed by atoms with E-state index in [2.05, 4.69) is 50.4 Å². The van der Waals surface area contributed by atoms with E-state index in [1.165, 1.54) is 11.3 Å². The average molecular weight is 250 g/mol. The lowest BCUT2D eigenvalue weighted by Gasteiger charge is -2.28. The first kappa shape index (κ1) is 13.0. The van der Waals surface area contributed by atoms with E-state index in [9.17, 15) is 0 Å². The van der Waals surface area contributed by atoms with Gasteiger partial charge in [0.15, 0.2) is 0 Å². The minimum atomic E-state index is 0.163. The van der Waals surface area contributed by atoms with E-state index in [1.807, 2.05) is 11.8 Å². The van der Waals surface area contributed by atoms with Crippen LogP contribution in [0.4, 0.5) is 0 Å². The van der Waals surface area contributed by atoms with Crippen LogP contribution >= 0.6 is 11.8 Å². The molecule has 0 N–H and O–H groups in total. The molecule has 0 bridgehead atoms. The quantitative estimate of drug-likeness (QED) is 0.709. The summed E-state index contributed by atoms with van der Waals surface area (Å²) in [6, 6.07) is 10.9. The first-order chi connectivity index (χ1) is 8.23.